The van der Waals surface area contributed by atoms with E-state index in [1.54, 1.807) is 0 Å². The average molecular weight is 288 g/mol. The summed E-state index contributed by atoms with van der Waals surface area (Å²) in [5, 5.41) is 0. The van der Waals surface area contributed by atoms with E-state index in [2.05, 4.69) is 27.6 Å². The summed E-state index contributed by atoms with van der Waals surface area (Å²) >= 11 is 0. The van der Waals surface area contributed by atoms with Crippen LogP contribution in [0.1, 0.15) is 26.7 Å². The van der Waals surface area contributed by atoms with E-state index < -0.39 is 0 Å². The van der Waals surface area contributed by atoms with E-state index in [0.29, 0.717) is 12.0 Å². The van der Waals surface area contributed by atoms with Crippen molar-refractivity contribution in [1.29, 1.82) is 0 Å². The number of benzene rings is 1. The molecular formula is C16H24N4O. The number of aromatic nitrogens is 2. The molecule has 1 aliphatic rings. The Kier molecular flexibility index (Phi) is 3.76. The van der Waals surface area contributed by atoms with Gasteiger partial charge < -0.3 is 19.9 Å². The number of ether oxygens (including phenoxy) is 1. The molecule has 3 rings (SSSR count). The molecule has 5 heteroatoms. The van der Waals surface area contributed by atoms with Crippen LogP contribution in [-0.4, -0.2) is 40.2 Å². The molecule has 5 nitrogen and oxygen atoms in total. The summed E-state index contributed by atoms with van der Waals surface area (Å²) in [5.74, 6) is 1.39. The van der Waals surface area contributed by atoms with Crippen molar-refractivity contribution in [2.75, 3.05) is 19.3 Å². The number of imidazole rings is 1. The third-order valence-electron chi connectivity index (χ3n) is 4.20. The summed E-state index contributed by atoms with van der Waals surface area (Å²) in [6, 6.07) is 6.58. The predicted molar refractivity (Wildman–Crippen MR) is 85.6 cm³/mol. The van der Waals surface area contributed by atoms with E-state index in [9.17, 15) is 0 Å². The molecule has 1 aromatic heterocycles. The number of para-hydroxylation sites is 1. The lowest BCUT2D eigenvalue weighted by Crippen LogP contribution is -2.29. The molecule has 21 heavy (non-hydrogen) atoms. The summed E-state index contributed by atoms with van der Waals surface area (Å²) in [7, 11) is 2.18. The van der Waals surface area contributed by atoms with Crippen molar-refractivity contribution >= 4 is 17.0 Å². The van der Waals surface area contributed by atoms with Crippen LogP contribution in [0.15, 0.2) is 18.2 Å². The Labute approximate surface area is 125 Å². The van der Waals surface area contributed by atoms with E-state index in [4.69, 9.17) is 10.5 Å². The number of likely N-dealkylation sites (tertiary alicyclic amines) is 1. The Bertz CT molecular complexity index is 634. The summed E-state index contributed by atoms with van der Waals surface area (Å²) in [6.07, 6.45) is 2.61. The average Bonchev–Trinajstić information content (AvgIpc) is 2.96. The molecule has 2 N–H and O–H groups in total. The van der Waals surface area contributed by atoms with Crippen LogP contribution < -0.4 is 10.5 Å². The Morgan fingerprint density at radius 2 is 2.24 bits per heavy atom. The first-order chi connectivity index (χ1) is 10.1. The van der Waals surface area contributed by atoms with Gasteiger partial charge in [0, 0.05) is 12.6 Å². The highest BCUT2D eigenvalue weighted by atomic mass is 16.5. The van der Waals surface area contributed by atoms with Crippen LogP contribution in [0.3, 0.4) is 0 Å². The van der Waals surface area contributed by atoms with Crippen molar-refractivity contribution in [3.8, 4) is 5.75 Å². The second-order valence-corrected chi connectivity index (χ2v) is 6.15. The maximum Gasteiger partial charge on any atom is 0.201 e. The van der Waals surface area contributed by atoms with Gasteiger partial charge in [-0.25, -0.2) is 4.98 Å². The van der Waals surface area contributed by atoms with Crippen molar-refractivity contribution < 1.29 is 4.74 Å². The summed E-state index contributed by atoms with van der Waals surface area (Å²) < 4.78 is 7.97. The minimum atomic E-state index is 0.128. The number of nitrogen functional groups attached to an aromatic ring is 1. The van der Waals surface area contributed by atoms with Gasteiger partial charge in [-0.05, 0) is 52.4 Å². The Hall–Kier alpha value is -1.75. The lowest BCUT2D eigenvalue weighted by Gasteiger charge is -2.20. The topological polar surface area (TPSA) is 56.3 Å². The molecule has 0 spiro atoms. The van der Waals surface area contributed by atoms with Gasteiger partial charge in [0.25, 0.3) is 0 Å². The van der Waals surface area contributed by atoms with Crippen LogP contribution in [0.5, 0.6) is 5.75 Å². The Morgan fingerprint density at radius 1 is 1.43 bits per heavy atom. The van der Waals surface area contributed by atoms with Crippen molar-refractivity contribution in [2.24, 2.45) is 0 Å². The molecule has 2 aromatic rings. The van der Waals surface area contributed by atoms with E-state index in [1.165, 1.54) is 19.4 Å². The number of hydrogen-bond acceptors (Lipinski definition) is 4. The number of hydrogen-bond donors (Lipinski definition) is 1. The lowest BCUT2D eigenvalue weighted by atomic mass is 10.2. The molecule has 0 radical (unpaired) electrons. The van der Waals surface area contributed by atoms with Crippen LogP contribution >= 0.6 is 0 Å². The number of anilines is 1. The fourth-order valence-corrected chi connectivity index (χ4v) is 3.10. The van der Waals surface area contributed by atoms with Gasteiger partial charge in [-0.1, -0.05) is 6.07 Å². The van der Waals surface area contributed by atoms with Crippen LogP contribution in [0.25, 0.3) is 11.0 Å². The zero-order valence-corrected chi connectivity index (χ0v) is 13.0. The predicted octanol–water partition coefficient (Wildman–Crippen LogP) is 2.50. The molecule has 1 saturated heterocycles. The lowest BCUT2D eigenvalue weighted by molar-refractivity contribution is 0.245. The fourth-order valence-electron chi connectivity index (χ4n) is 3.10. The van der Waals surface area contributed by atoms with Gasteiger partial charge in [0.05, 0.1) is 11.6 Å². The zero-order valence-electron chi connectivity index (χ0n) is 13.0. The van der Waals surface area contributed by atoms with Crippen LogP contribution in [-0.2, 0) is 6.54 Å². The van der Waals surface area contributed by atoms with Crippen molar-refractivity contribution in [3.05, 3.63) is 18.2 Å². The molecule has 0 aliphatic carbocycles. The molecule has 0 amide bonds. The number of nitrogens with two attached hydrogens (primary N) is 1. The summed E-state index contributed by atoms with van der Waals surface area (Å²) in [4.78, 5) is 6.93. The second kappa shape index (κ2) is 5.56. The first kappa shape index (κ1) is 14.2. The molecular weight excluding hydrogens is 264 g/mol. The maximum absolute atomic E-state index is 6.15. The quantitative estimate of drug-likeness (QED) is 0.939. The molecule has 1 aromatic carbocycles. The van der Waals surface area contributed by atoms with E-state index in [-0.39, 0.29) is 6.10 Å². The van der Waals surface area contributed by atoms with Crippen LogP contribution in [0.2, 0.25) is 0 Å². The van der Waals surface area contributed by atoms with Gasteiger partial charge in [0.15, 0.2) is 0 Å². The smallest absolute Gasteiger partial charge is 0.201 e. The van der Waals surface area contributed by atoms with Gasteiger partial charge in [-0.15, -0.1) is 0 Å². The first-order valence-corrected chi connectivity index (χ1v) is 7.68. The van der Waals surface area contributed by atoms with Crippen molar-refractivity contribution in [1.82, 2.24) is 14.5 Å². The molecule has 0 saturated carbocycles. The van der Waals surface area contributed by atoms with E-state index in [0.717, 1.165) is 23.3 Å². The fraction of sp³-hybridized carbons (Fsp3) is 0.562. The number of rotatable bonds is 4. The Balaban J connectivity index is 1.97. The van der Waals surface area contributed by atoms with E-state index >= 15 is 0 Å². The summed E-state index contributed by atoms with van der Waals surface area (Å²) in [6.45, 7) is 6.10. The maximum atomic E-state index is 6.15. The third kappa shape index (κ3) is 2.70. The highest BCUT2D eigenvalue weighted by Gasteiger charge is 2.23. The Morgan fingerprint density at radius 3 is 2.90 bits per heavy atom. The van der Waals surface area contributed by atoms with Crippen LogP contribution in [0, 0.1) is 0 Å². The summed E-state index contributed by atoms with van der Waals surface area (Å²) in [5.41, 5.74) is 8.08. The van der Waals surface area contributed by atoms with Crippen molar-refractivity contribution in [3.63, 3.8) is 0 Å². The monoisotopic (exact) mass is 288 g/mol. The molecule has 1 fully saturated rings. The molecule has 1 atom stereocenters. The molecule has 0 bridgehead atoms. The number of fused-ring (bicyclic) bond motifs is 1. The number of likely N-dealkylation sites (N-methyl/N-ethyl adjacent to an activating group) is 1. The van der Waals surface area contributed by atoms with Crippen molar-refractivity contribution in [2.45, 2.75) is 45.4 Å². The molecule has 114 valence electrons. The van der Waals surface area contributed by atoms with Gasteiger partial charge in [-0.2, -0.15) is 0 Å². The normalized spacial score (nSPS) is 19.7. The van der Waals surface area contributed by atoms with E-state index in [1.807, 2.05) is 26.0 Å². The zero-order chi connectivity index (χ0) is 15.0. The highest BCUT2D eigenvalue weighted by molar-refractivity contribution is 5.84. The molecule has 2 heterocycles. The number of nitrogens with zero attached hydrogens (tertiary/aromatic N) is 3. The molecule has 1 aliphatic heterocycles. The van der Waals surface area contributed by atoms with Gasteiger partial charge >= 0.3 is 0 Å². The third-order valence-corrected chi connectivity index (χ3v) is 4.20. The van der Waals surface area contributed by atoms with Crippen LogP contribution in [0.4, 0.5) is 5.95 Å². The minimum Gasteiger partial charge on any atom is -0.489 e. The first-order valence-electron chi connectivity index (χ1n) is 7.68. The standard InChI is InChI=1S/C16H24N4O/c1-11(2)21-14-8-4-7-13-15(14)18-16(17)20(13)10-12-6-5-9-19(12)3/h4,7-8,11-12H,5-6,9-10H2,1-3H3,(H2,17,18). The second-order valence-electron chi connectivity index (χ2n) is 6.15. The highest BCUT2D eigenvalue weighted by Crippen LogP contribution is 2.29. The largest absolute Gasteiger partial charge is 0.489 e. The molecule has 1 unspecified atom stereocenters. The van der Waals surface area contributed by atoms with Gasteiger partial charge in [0.2, 0.25) is 5.95 Å². The van der Waals surface area contributed by atoms with Gasteiger partial charge in [-0.3, -0.25) is 0 Å². The minimum absolute atomic E-state index is 0.128. The van der Waals surface area contributed by atoms with Gasteiger partial charge in [0.1, 0.15) is 11.3 Å². The SMILES string of the molecule is CC(C)Oc1cccc2c1nc(N)n2CC1CCCN1C.